The van der Waals surface area contributed by atoms with E-state index in [1.807, 2.05) is 13.0 Å². The fraction of sp³-hybridized carbons (Fsp3) is 0.500. The van der Waals surface area contributed by atoms with Gasteiger partial charge in [-0.05, 0) is 37.3 Å². The van der Waals surface area contributed by atoms with Gasteiger partial charge in [0, 0.05) is 12.6 Å². The van der Waals surface area contributed by atoms with Crippen molar-refractivity contribution in [2.75, 3.05) is 0 Å². The molecule has 0 bridgehead atoms. The number of amides is 1. The SMILES string of the molecule is CC1C(=O)N(C2CCC2)Cc2ccccc21. The summed E-state index contributed by atoms with van der Waals surface area (Å²) in [4.78, 5) is 14.3. The number of rotatable bonds is 1. The van der Waals surface area contributed by atoms with Gasteiger partial charge in [-0.3, -0.25) is 4.79 Å². The molecule has 1 aromatic carbocycles. The molecule has 2 heteroatoms. The molecule has 0 spiro atoms. The van der Waals surface area contributed by atoms with Crippen LogP contribution in [-0.2, 0) is 11.3 Å². The summed E-state index contributed by atoms with van der Waals surface area (Å²) in [7, 11) is 0. The average molecular weight is 215 g/mol. The first-order valence-electron chi connectivity index (χ1n) is 6.15. The molecule has 0 N–H and O–H groups in total. The largest absolute Gasteiger partial charge is 0.335 e. The predicted molar refractivity (Wildman–Crippen MR) is 63.0 cm³/mol. The maximum absolute atomic E-state index is 12.2. The van der Waals surface area contributed by atoms with Gasteiger partial charge >= 0.3 is 0 Å². The van der Waals surface area contributed by atoms with Crippen LogP contribution < -0.4 is 0 Å². The van der Waals surface area contributed by atoms with Crippen LogP contribution in [0.1, 0.15) is 43.2 Å². The standard InChI is InChI=1S/C14H17NO/c1-10-13-8-3-2-5-11(13)9-15(14(10)16)12-6-4-7-12/h2-3,5,8,10,12H,4,6-7,9H2,1H3. The maximum atomic E-state index is 12.2. The normalized spacial score (nSPS) is 25.2. The summed E-state index contributed by atoms with van der Waals surface area (Å²) in [6, 6.07) is 8.87. The first kappa shape index (κ1) is 9.88. The van der Waals surface area contributed by atoms with E-state index in [0.29, 0.717) is 11.9 Å². The van der Waals surface area contributed by atoms with Gasteiger partial charge in [0.15, 0.2) is 0 Å². The van der Waals surface area contributed by atoms with Gasteiger partial charge in [-0.15, -0.1) is 0 Å². The molecule has 84 valence electrons. The first-order valence-corrected chi connectivity index (χ1v) is 6.15. The molecule has 1 saturated carbocycles. The van der Waals surface area contributed by atoms with E-state index in [2.05, 4.69) is 23.1 Å². The van der Waals surface area contributed by atoms with Gasteiger partial charge in [0.1, 0.15) is 0 Å². The highest BCUT2D eigenvalue weighted by molar-refractivity contribution is 5.85. The van der Waals surface area contributed by atoms with E-state index in [4.69, 9.17) is 0 Å². The summed E-state index contributed by atoms with van der Waals surface area (Å²) < 4.78 is 0. The molecule has 2 nitrogen and oxygen atoms in total. The van der Waals surface area contributed by atoms with E-state index in [-0.39, 0.29) is 5.92 Å². The molecule has 1 aliphatic carbocycles. The lowest BCUT2D eigenvalue weighted by molar-refractivity contribution is -0.138. The van der Waals surface area contributed by atoms with Crippen LogP contribution in [0, 0.1) is 0 Å². The summed E-state index contributed by atoms with van der Waals surface area (Å²) in [6.45, 7) is 2.86. The molecule has 0 saturated heterocycles. The third-order valence-corrected chi connectivity index (χ3v) is 4.03. The van der Waals surface area contributed by atoms with E-state index in [1.54, 1.807) is 0 Å². The summed E-state index contributed by atoms with van der Waals surface area (Å²) in [5.74, 6) is 0.369. The van der Waals surface area contributed by atoms with E-state index >= 15 is 0 Å². The van der Waals surface area contributed by atoms with Crippen LogP contribution in [0.2, 0.25) is 0 Å². The van der Waals surface area contributed by atoms with Gasteiger partial charge in [-0.25, -0.2) is 0 Å². The summed E-state index contributed by atoms with van der Waals surface area (Å²) in [5.41, 5.74) is 2.56. The Morgan fingerprint density at radius 2 is 2.00 bits per heavy atom. The molecule has 0 radical (unpaired) electrons. The zero-order valence-electron chi connectivity index (χ0n) is 9.65. The maximum Gasteiger partial charge on any atom is 0.230 e. The molecular formula is C14H17NO. The van der Waals surface area contributed by atoms with Crippen molar-refractivity contribution in [3.8, 4) is 0 Å². The van der Waals surface area contributed by atoms with E-state index in [0.717, 1.165) is 6.54 Å². The molecule has 16 heavy (non-hydrogen) atoms. The Bertz CT molecular complexity index is 422. The lowest BCUT2D eigenvalue weighted by Gasteiger charge is -2.42. The van der Waals surface area contributed by atoms with Crippen LogP contribution in [0.25, 0.3) is 0 Å². The summed E-state index contributed by atoms with van der Waals surface area (Å²) in [5, 5.41) is 0. The molecule has 1 aliphatic heterocycles. The number of hydrogen-bond acceptors (Lipinski definition) is 1. The highest BCUT2D eigenvalue weighted by Gasteiger charge is 2.35. The van der Waals surface area contributed by atoms with Gasteiger partial charge < -0.3 is 4.90 Å². The van der Waals surface area contributed by atoms with Crippen LogP contribution in [0.5, 0.6) is 0 Å². The number of benzene rings is 1. The molecule has 1 atom stereocenters. The molecule has 0 aromatic heterocycles. The lowest BCUT2D eigenvalue weighted by atomic mass is 9.85. The molecule has 2 aliphatic rings. The highest BCUT2D eigenvalue weighted by Crippen LogP contribution is 2.34. The minimum Gasteiger partial charge on any atom is -0.335 e. The van der Waals surface area contributed by atoms with Crippen molar-refractivity contribution in [2.24, 2.45) is 0 Å². The molecule has 1 aromatic rings. The van der Waals surface area contributed by atoms with Gasteiger partial charge in [0.2, 0.25) is 5.91 Å². The Labute approximate surface area is 96.3 Å². The van der Waals surface area contributed by atoms with Crippen molar-refractivity contribution in [2.45, 2.75) is 44.7 Å². The number of fused-ring (bicyclic) bond motifs is 1. The van der Waals surface area contributed by atoms with Crippen molar-refractivity contribution in [1.29, 1.82) is 0 Å². The minimum atomic E-state index is 0.0468. The van der Waals surface area contributed by atoms with Crippen molar-refractivity contribution in [3.05, 3.63) is 35.4 Å². The van der Waals surface area contributed by atoms with E-state index < -0.39 is 0 Å². The number of carbonyl (C=O) groups excluding carboxylic acids is 1. The second kappa shape index (κ2) is 3.62. The van der Waals surface area contributed by atoms with Crippen molar-refractivity contribution in [3.63, 3.8) is 0 Å². The monoisotopic (exact) mass is 215 g/mol. The van der Waals surface area contributed by atoms with Gasteiger partial charge in [-0.1, -0.05) is 24.3 Å². The highest BCUT2D eigenvalue weighted by atomic mass is 16.2. The second-order valence-electron chi connectivity index (χ2n) is 4.97. The van der Waals surface area contributed by atoms with Gasteiger partial charge in [0.05, 0.1) is 5.92 Å². The molecule has 1 unspecified atom stereocenters. The van der Waals surface area contributed by atoms with Crippen molar-refractivity contribution < 1.29 is 4.79 Å². The molecule has 1 heterocycles. The third-order valence-electron chi connectivity index (χ3n) is 4.03. The molecule has 3 rings (SSSR count). The second-order valence-corrected chi connectivity index (χ2v) is 4.97. The van der Waals surface area contributed by atoms with Crippen LogP contribution in [0.15, 0.2) is 24.3 Å². The smallest absolute Gasteiger partial charge is 0.230 e. The Kier molecular flexibility index (Phi) is 2.23. The predicted octanol–water partition coefficient (Wildman–Crippen LogP) is 2.68. The Hall–Kier alpha value is -1.31. The quantitative estimate of drug-likeness (QED) is 0.705. The molecular weight excluding hydrogens is 198 g/mol. The van der Waals surface area contributed by atoms with Crippen LogP contribution in [-0.4, -0.2) is 16.8 Å². The topological polar surface area (TPSA) is 20.3 Å². The lowest BCUT2D eigenvalue weighted by Crippen LogP contribution is -2.47. The fourth-order valence-electron chi connectivity index (χ4n) is 2.75. The zero-order valence-corrected chi connectivity index (χ0v) is 9.65. The van der Waals surface area contributed by atoms with Crippen LogP contribution in [0.4, 0.5) is 0 Å². The van der Waals surface area contributed by atoms with E-state index in [1.165, 1.54) is 30.4 Å². The zero-order chi connectivity index (χ0) is 11.1. The molecule has 1 fully saturated rings. The number of carbonyl (C=O) groups is 1. The van der Waals surface area contributed by atoms with Gasteiger partial charge in [-0.2, -0.15) is 0 Å². The number of hydrogen-bond donors (Lipinski definition) is 0. The van der Waals surface area contributed by atoms with E-state index in [9.17, 15) is 4.79 Å². The summed E-state index contributed by atoms with van der Waals surface area (Å²) in [6.07, 6.45) is 3.67. The minimum absolute atomic E-state index is 0.0468. The van der Waals surface area contributed by atoms with Crippen molar-refractivity contribution in [1.82, 2.24) is 4.90 Å². The van der Waals surface area contributed by atoms with Crippen molar-refractivity contribution >= 4 is 5.91 Å². The first-order chi connectivity index (χ1) is 7.77. The number of nitrogens with zero attached hydrogens (tertiary/aromatic N) is 1. The fourth-order valence-corrected chi connectivity index (χ4v) is 2.75. The van der Waals surface area contributed by atoms with Gasteiger partial charge in [0.25, 0.3) is 0 Å². The Balaban J connectivity index is 1.95. The summed E-state index contributed by atoms with van der Waals surface area (Å²) >= 11 is 0. The Morgan fingerprint density at radius 3 is 2.69 bits per heavy atom. The average Bonchev–Trinajstić information content (AvgIpc) is 2.23. The van der Waals surface area contributed by atoms with Crippen LogP contribution in [0.3, 0.4) is 0 Å². The third kappa shape index (κ3) is 1.36. The van der Waals surface area contributed by atoms with Crippen LogP contribution >= 0.6 is 0 Å². The molecule has 1 amide bonds. The Morgan fingerprint density at radius 1 is 1.25 bits per heavy atom.